The first-order valence-electron chi connectivity index (χ1n) is 10.5. The van der Waals surface area contributed by atoms with E-state index < -0.39 is 17.7 Å². The third-order valence-corrected chi connectivity index (χ3v) is 6.41. The first-order chi connectivity index (χ1) is 15.9. The number of anilines is 3. The molecule has 0 aliphatic carbocycles. The molecular weight excluding hydrogens is 445 g/mol. The number of para-hydroxylation sites is 2. The topological polar surface area (TPSA) is 79.8 Å². The molecule has 4 rings (SSSR count). The molecule has 170 valence electrons. The van der Waals surface area contributed by atoms with E-state index in [4.69, 9.17) is 4.74 Å². The Labute approximate surface area is 194 Å². The summed E-state index contributed by atoms with van der Waals surface area (Å²) in [7, 11) is 0. The summed E-state index contributed by atoms with van der Waals surface area (Å²) in [5.74, 6) is -2.39. The van der Waals surface area contributed by atoms with Gasteiger partial charge in [-0.2, -0.15) is 0 Å². The zero-order chi connectivity index (χ0) is 23.5. The number of esters is 1. The third kappa shape index (κ3) is 4.49. The second kappa shape index (κ2) is 9.50. The molecule has 1 fully saturated rings. The van der Waals surface area contributed by atoms with Crippen LogP contribution in [0.25, 0.3) is 0 Å². The average Bonchev–Trinajstić information content (AvgIpc) is 3.38. The fourth-order valence-corrected chi connectivity index (χ4v) is 4.72. The number of benzene rings is 2. The molecule has 2 heterocycles. The third-order valence-electron chi connectivity index (χ3n) is 5.29. The van der Waals surface area contributed by atoms with Crippen molar-refractivity contribution in [3.8, 4) is 0 Å². The van der Waals surface area contributed by atoms with Crippen LogP contribution in [0.1, 0.15) is 28.7 Å². The summed E-state index contributed by atoms with van der Waals surface area (Å²) in [5, 5.41) is 0.309. The van der Waals surface area contributed by atoms with Crippen LogP contribution >= 0.6 is 11.3 Å². The predicted molar refractivity (Wildman–Crippen MR) is 123 cm³/mol. The molecule has 0 unspecified atom stereocenters. The highest BCUT2D eigenvalue weighted by Gasteiger charge is 2.40. The molecule has 2 amide bonds. The molecule has 0 radical (unpaired) electrons. The van der Waals surface area contributed by atoms with Crippen LogP contribution in [0.3, 0.4) is 0 Å². The molecule has 7 nitrogen and oxygen atoms in total. The van der Waals surface area contributed by atoms with E-state index in [1.54, 1.807) is 50.2 Å². The Morgan fingerprint density at radius 2 is 1.88 bits per heavy atom. The van der Waals surface area contributed by atoms with Gasteiger partial charge in [0.25, 0.3) is 0 Å². The van der Waals surface area contributed by atoms with Gasteiger partial charge in [-0.15, -0.1) is 0 Å². The van der Waals surface area contributed by atoms with E-state index in [1.165, 1.54) is 21.9 Å². The SMILES string of the molecule is CCOC(=O)c1sc(N(C(=O)[C@@H]2CC(=O)N(c3ccccc3F)C2)c2ccccc2)nc1C. The Balaban J connectivity index is 1.67. The van der Waals surface area contributed by atoms with Crippen molar-refractivity contribution < 1.29 is 23.5 Å². The molecular formula is C24H22FN3O4S. The molecule has 1 saturated heterocycles. The van der Waals surface area contributed by atoms with Gasteiger partial charge in [0, 0.05) is 13.0 Å². The summed E-state index contributed by atoms with van der Waals surface area (Å²) >= 11 is 1.06. The van der Waals surface area contributed by atoms with Crippen LogP contribution in [0.5, 0.6) is 0 Å². The largest absolute Gasteiger partial charge is 0.462 e. The maximum absolute atomic E-state index is 14.3. The Hall–Kier alpha value is -3.59. The summed E-state index contributed by atoms with van der Waals surface area (Å²) in [5.41, 5.74) is 1.17. The number of carbonyl (C=O) groups excluding carboxylic acids is 3. The van der Waals surface area contributed by atoms with Gasteiger partial charge in [-0.25, -0.2) is 14.2 Å². The minimum atomic E-state index is -0.701. The number of thiazole rings is 1. The molecule has 0 spiro atoms. The molecule has 1 aliphatic heterocycles. The molecule has 2 aromatic carbocycles. The number of carbonyl (C=O) groups is 3. The van der Waals surface area contributed by atoms with Crippen LogP contribution in [0, 0.1) is 18.7 Å². The monoisotopic (exact) mass is 467 g/mol. The fourth-order valence-electron chi connectivity index (χ4n) is 3.73. The molecule has 1 atom stereocenters. The Morgan fingerprint density at radius 3 is 2.58 bits per heavy atom. The van der Waals surface area contributed by atoms with Crippen molar-refractivity contribution in [2.75, 3.05) is 23.0 Å². The van der Waals surface area contributed by atoms with E-state index in [1.807, 2.05) is 6.07 Å². The van der Waals surface area contributed by atoms with Gasteiger partial charge in [-0.3, -0.25) is 14.5 Å². The van der Waals surface area contributed by atoms with Crippen molar-refractivity contribution in [2.24, 2.45) is 5.92 Å². The van der Waals surface area contributed by atoms with Gasteiger partial charge < -0.3 is 9.64 Å². The van der Waals surface area contributed by atoms with Gasteiger partial charge in [-0.05, 0) is 38.1 Å². The van der Waals surface area contributed by atoms with Gasteiger partial charge in [0.15, 0.2) is 5.13 Å². The van der Waals surface area contributed by atoms with Gasteiger partial charge >= 0.3 is 5.97 Å². The maximum atomic E-state index is 14.3. The summed E-state index contributed by atoms with van der Waals surface area (Å²) in [6, 6.07) is 14.9. The summed E-state index contributed by atoms with van der Waals surface area (Å²) < 4.78 is 19.4. The van der Waals surface area contributed by atoms with Crippen molar-refractivity contribution in [3.63, 3.8) is 0 Å². The maximum Gasteiger partial charge on any atom is 0.350 e. The van der Waals surface area contributed by atoms with Gasteiger partial charge in [-0.1, -0.05) is 41.7 Å². The molecule has 0 N–H and O–H groups in total. The molecule has 3 aromatic rings. The lowest BCUT2D eigenvalue weighted by Crippen LogP contribution is -2.34. The molecule has 1 aromatic heterocycles. The lowest BCUT2D eigenvalue weighted by atomic mass is 10.1. The zero-order valence-corrected chi connectivity index (χ0v) is 19.0. The van der Waals surface area contributed by atoms with Crippen molar-refractivity contribution in [3.05, 3.63) is 71.0 Å². The highest BCUT2D eigenvalue weighted by molar-refractivity contribution is 7.17. The fraction of sp³-hybridized carbons (Fsp3) is 0.250. The number of aryl methyl sites for hydroxylation is 1. The van der Waals surface area contributed by atoms with E-state index in [2.05, 4.69) is 4.98 Å². The van der Waals surface area contributed by atoms with Crippen molar-refractivity contribution in [1.29, 1.82) is 0 Å². The summed E-state index contributed by atoms with van der Waals surface area (Å²) in [4.78, 5) is 46.1. The number of halogens is 1. The van der Waals surface area contributed by atoms with Crippen LogP contribution in [0.15, 0.2) is 54.6 Å². The van der Waals surface area contributed by atoms with Crippen LogP contribution in [-0.2, 0) is 14.3 Å². The zero-order valence-electron chi connectivity index (χ0n) is 18.2. The number of hydrogen-bond donors (Lipinski definition) is 0. The number of amides is 2. The van der Waals surface area contributed by atoms with Crippen molar-refractivity contribution >= 4 is 45.6 Å². The lowest BCUT2D eigenvalue weighted by molar-refractivity contribution is -0.123. The first kappa shape index (κ1) is 22.6. The van der Waals surface area contributed by atoms with E-state index in [0.717, 1.165) is 11.3 Å². The molecule has 0 bridgehead atoms. The van der Waals surface area contributed by atoms with Crippen molar-refractivity contribution in [1.82, 2.24) is 4.98 Å². The second-order valence-electron chi connectivity index (χ2n) is 7.50. The van der Waals surface area contributed by atoms with E-state index in [9.17, 15) is 18.8 Å². The van der Waals surface area contributed by atoms with Gasteiger partial charge in [0.05, 0.1) is 29.6 Å². The van der Waals surface area contributed by atoms with Crippen LogP contribution < -0.4 is 9.80 Å². The lowest BCUT2D eigenvalue weighted by Gasteiger charge is -2.23. The van der Waals surface area contributed by atoms with Gasteiger partial charge in [0.2, 0.25) is 11.8 Å². The number of nitrogens with zero attached hydrogens (tertiary/aromatic N) is 3. The standard InChI is InChI=1S/C24H22FN3O4S/c1-3-32-23(31)21-15(2)26-24(33-21)28(17-9-5-4-6-10-17)22(30)16-13-20(29)27(14-16)19-12-8-7-11-18(19)25/h4-12,16H,3,13-14H2,1-2H3/t16-/m1/s1. The van der Waals surface area contributed by atoms with Crippen molar-refractivity contribution in [2.45, 2.75) is 20.3 Å². The second-order valence-corrected chi connectivity index (χ2v) is 8.47. The van der Waals surface area contributed by atoms with E-state index >= 15 is 0 Å². The number of hydrogen-bond acceptors (Lipinski definition) is 6. The minimum absolute atomic E-state index is 0.0500. The number of rotatable bonds is 6. The summed E-state index contributed by atoms with van der Waals surface area (Å²) in [6.45, 7) is 3.67. The Bertz CT molecular complexity index is 1200. The van der Waals surface area contributed by atoms with E-state index in [0.29, 0.717) is 21.4 Å². The highest BCUT2D eigenvalue weighted by Crippen LogP contribution is 2.36. The van der Waals surface area contributed by atoms with E-state index in [-0.39, 0.29) is 37.1 Å². The quantitative estimate of drug-likeness (QED) is 0.499. The van der Waals surface area contributed by atoms with Crippen LogP contribution in [0.2, 0.25) is 0 Å². The predicted octanol–water partition coefficient (Wildman–Crippen LogP) is 4.49. The average molecular weight is 468 g/mol. The number of ether oxygens (including phenoxy) is 1. The normalized spacial score (nSPS) is 15.5. The minimum Gasteiger partial charge on any atom is -0.462 e. The molecule has 0 saturated carbocycles. The highest BCUT2D eigenvalue weighted by atomic mass is 32.1. The molecule has 1 aliphatic rings. The van der Waals surface area contributed by atoms with Crippen LogP contribution in [0.4, 0.5) is 20.9 Å². The summed E-state index contributed by atoms with van der Waals surface area (Å²) in [6.07, 6.45) is -0.0500. The van der Waals surface area contributed by atoms with Crippen LogP contribution in [-0.4, -0.2) is 35.9 Å². The molecule has 9 heteroatoms. The Kier molecular flexibility index (Phi) is 6.50. The smallest absolute Gasteiger partial charge is 0.350 e. The number of aromatic nitrogens is 1. The Morgan fingerprint density at radius 1 is 1.18 bits per heavy atom. The van der Waals surface area contributed by atoms with Gasteiger partial charge in [0.1, 0.15) is 10.7 Å². The molecule has 33 heavy (non-hydrogen) atoms. The first-order valence-corrected chi connectivity index (χ1v) is 11.3.